The summed E-state index contributed by atoms with van der Waals surface area (Å²) < 4.78 is 10.9. The molecule has 4 unspecified atom stereocenters. The molecule has 0 radical (unpaired) electrons. The lowest BCUT2D eigenvalue weighted by molar-refractivity contribution is -0.0702. The summed E-state index contributed by atoms with van der Waals surface area (Å²) in [5, 5.41) is 9.85. The first-order valence-corrected chi connectivity index (χ1v) is 4.96. The first kappa shape index (κ1) is 7.83. The maximum Gasteiger partial charge on any atom is 0.111 e. The lowest BCUT2D eigenvalue weighted by Gasteiger charge is -2.30. The summed E-state index contributed by atoms with van der Waals surface area (Å²) >= 11 is 0. The highest BCUT2D eigenvalue weighted by Crippen LogP contribution is 2.49. The summed E-state index contributed by atoms with van der Waals surface area (Å²) in [7, 11) is 0. The summed E-state index contributed by atoms with van der Waals surface area (Å²) in [5.41, 5.74) is 1.35. The Balaban J connectivity index is 1.93. The molecule has 2 saturated carbocycles. The van der Waals surface area contributed by atoms with Crippen LogP contribution in [-0.4, -0.2) is 30.5 Å². The van der Waals surface area contributed by atoms with E-state index < -0.39 is 0 Å². The van der Waals surface area contributed by atoms with E-state index in [2.05, 4.69) is 0 Å². The Kier molecular flexibility index (Phi) is 1.64. The van der Waals surface area contributed by atoms with Gasteiger partial charge in [0.2, 0.25) is 0 Å². The Morgan fingerprint density at radius 3 is 3.15 bits per heavy atom. The molecule has 0 aromatic heterocycles. The van der Waals surface area contributed by atoms with Crippen molar-refractivity contribution in [1.29, 1.82) is 0 Å². The molecule has 0 saturated heterocycles. The third kappa shape index (κ3) is 1.04. The molecule has 13 heavy (non-hydrogen) atoms. The van der Waals surface area contributed by atoms with E-state index in [1.165, 1.54) is 5.57 Å². The van der Waals surface area contributed by atoms with E-state index in [0.29, 0.717) is 25.0 Å². The average Bonchev–Trinajstić information content (AvgIpc) is 2.60. The number of rotatable bonds is 0. The molecular weight excluding hydrogens is 168 g/mol. The molecule has 0 amide bonds. The normalized spacial score (nSPS) is 47.9. The van der Waals surface area contributed by atoms with Crippen LogP contribution in [0.25, 0.3) is 0 Å². The molecule has 4 atom stereocenters. The number of ether oxygens (including phenoxy) is 2. The van der Waals surface area contributed by atoms with Crippen molar-refractivity contribution in [3.05, 3.63) is 11.8 Å². The van der Waals surface area contributed by atoms with E-state index >= 15 is 0 Å². The van der Waals surface area contributed by atoms with Crippen LogP contribution in [-0.2, 0) is 9.47 Å². The van der Waals surface area contributed by atoms with E-state index in [9.17, 15) is 5.11 Å². The van der Waals surface area contributed by atoms with Crippen LogP contribution in [0.4, 0.5) is 0 Å². The van der Waals surface area contributed by atoms with E-state index in [1.807, 2.05) is 6.26 Å². The molecule has 2 bridgehead atoms. The van der Waals surface area contributed by atoms with Crippen molar-refractivity contribution in [3.8, 4) is 0 Å². The van der Waals surface area contributed by atoms with Crippen LogP contribution in [0, 0.1) is 11.8 Å². The first-order chi connectivity index (χ1) is 6.36. The molecule has 1 aliphatic heterocycles. The van der Waals surface area contributed by atoms with Crippen molar-refractivity contribution in [2.24, 2.45) is 11.8 Å². The molecule has 0 aromatic rings. The van der Waals surface area contributed by atoms with Gasteiger partial charge in [-0.2, -0.15) is 0 Å². The Morgan fingerprint density at radius 1 is 1.38 bits per heavy atom. The Bertz CT molecular complexity index is 249. The quantitative estimate of drug-likeness (QED) is 0.599. The smallest absolute Gasteiger partial charge is 0.111 e. The topological polar surface area (TPSA) is 38.7 Å². The standard InChI is InChI=1S/C10H14O3/c11-9-6-3-7-5-12-1-2-13-10(9)8(7)4-6/h5-6,8-11H,1-4H2. The number of aliphatic hydroxyl groups is 1. The summed E-state index contributed by atoms with van der Waals surface area (Å²) in [5.74, 6) is 0.850. The molecule has 3 aliphatic rings. The van der Waals surface area contributed by atoms with Gasteiger partial charge in [-0.3, -0.25) is 0 Å². The van der Waals surface area contributed by atoms with Crippen LogP contribution >= 0.6 is 0 Å². The summed E-state index contributed by atoms with van der Waals surface area (Å²) in [6.45, 7) is 1.22. The second-order valence-electron chi connectivity index (χ2n) is 4.20. The van der Waals surface area contributed by atoms with Crippen LogP contribution in [0.5, 0.6) is 0 Å². The molecule has 3 rings (SSSR count). The van der Waals surface area contributed by atoms with Crippen LogP contribution in [0.1, 0.15) is 12.8 Å². The summed E-state index contributed by atoms with van der Waals surface area (Å²) in [6, 6.07) is 0. The summed E-state index contributed by atoms with van der Waals surface area (Å²) in [4.78, 5) is 0. The van der Waals surface area contributed by atoms with Gasteiger partial charge >= 0.3 is 0 Å². The van der Waals surface area contributed by atoms with Gasteiger partial charge in [0.05, 0.1) is 25.1 Å². The van der Waals surface area contributed by atoms with Crippen LogP contribution < -0.4 is 0 Å². The first-order valence-electron chi connectivity index (χ1n) is 4.96. The molecule has 3 nitrogen and oxygen atoms in total. The zero-order valence-electron chi connectivity index (χ0n) is 7.48. The van der Waals surface area contributed by atoms with Gasteiger partial charge in [0.25, 0.3) is 0 Å². The van der Waals surface area contributed by atoms with E-state index in [4.69, 9.17) is 9.47 Å². The van der Waals surface area contributed by atoms with Gasteiger partial charge in [-0.15, -0.1) is 0 Å². The monoisotopic (exact) mass is 182 g/mol. The molecule has 0 spiro atoms. The summed E-state index contributed by atoms with van der Waals surface area (Å²) in [6.07, 6.45) is 3.80. The van der Waals surface area contributed by atoms with Crippen molar-refractivity contribution in [2.75, 3.05) is 13.2 Å². The zero-order chi connectivity index (χ0) is 8.84. The molecule has 2 aliphatic carbocycles. The molecule has 72 valence electrons. The Morgan fingerprint density at radius 2 is 2.31 bits per heavy atom. The third-order valence-corrected chi connectivity index (χ3v) is 3.49. The minimum absolute atomic E-state index is 0.0499. The maximum absolute atomic E-state index is 9.85. The molecule has 0 aromatic carbocycles. The van der Waals surface area contributed by atoms with E-state index in [-0.39, 0.29) is 12.2 Å². The highest BCUT2D eigenvalue weighted by atomic mass is 16.5. The molecule has 1 heterocycles. The fourth-order valence-corrected chi connectivity index (χ4v) is 2.88. The van der Waals surface area contributed by atoms with Crippen molar-refractivity contribution in [2.45, 2.75) is 25.0 Å². The number of aliphatic hydroxyl groups excluding tert-OH is 1. The van der Waals surface area contributed by atoms with Crippen LogP contribution in [0.3, 0.4) is 0 Å². The predicted octanol–water partition coefficient (Wildman–Crippen LogP) is 0.686. The zero-order valence-corrected chi connectivity index (χ0v) is 7.48. The minimum atomic E-state index is -0.236. The SMILES string of the molecule is OC1C2CC3=COCCOC1C3C2. The third-order valence-electron chi connectivity index (χ3n) is 3.49. The lowest BCUT2D eigenvalue weighted by Crippen LogP contribution is -2.37. The van der Waals surface area contributed by atoms with Crippen molar-refractivity contribution < 1.29 is 14.6 Å². The average molecular weight is 182 g/mol. The second kappa shape index (κ2) is 2.72. The van der Waals surface area contributed by atoms with Crippen molar-refractivity contribution in [3.63, 3.8) is 0 Å². The largest absolute Gasteiger partial charge is 0.499 e. The van der Waals surface area contributed by atoms with Crippen LogP contribution in [0.2, 0.25) is 0 Å². The highest BCUT2D eigenvalue weighted by molar-refractivity contribution is 5.21. The van der Waals surface area contributed by atoms with E-state index in [0.717, 1.165) is 12.8 Å². The molecular formula is C10H14O3. The lowest BCUT2D eigenvalue weighted by atomic mass is 9.90. The Hall–Kier alpha value is -0.540. The maximum atomic E-state index is 9.85. The number of fused-ring (bicyclic) bond motifs is 1. The predicted molar refractivity (Wildman–Crippen MR) is 46.0 cm³/mol. The molecule has 2 fully saturated rings. The van der Waals surface area contributed by atoms with Gasteiger partial charge in [-0.25, -0.2) is 0 Å². The second-order valence-corrected chi connectivity index (χ2v) is 4.20. The van der Waals surface area contributed by atoms with Gasteiger partial charge in [0, 0.05) is 5.92 Å². The number of hydrogen-bond acceptors (Lipinski definition) is 3. The Labute approximate surface area is 77.3 Å². The van der Waals surface area contributed by atoms with Crippen molar-refractivity contribution >= 4 is 0 Å². The van der Waals surface area contributed by atoms with Gasteiger partial charge < -0.3 is 14.6 Å². The van der Waals surface area contributed by atoms with Gasteiger partial charge in [-0.1, -0.05) is 0 Å². The molecule has 3 heteroatoms. The number of hydrogen-bond donors (Lipinski definition) is 1. The fraction of sp³-hybridized carbons (Fsp3) is 0.800. The minimum Gasteiger partial charge on any atom is -0.499 e. The van der Waals surface area contributed by atoms with Crippen LogP contribution in [0.15, 0.2) is 11.8 Å². The van der Waals surface area contributed by atoms with Gasteiger partial charge in [0.15, 0.2) is 0 Å². The fourth-order valence-electron chi connectivity index (χ4n) is 2.88. The van der Waals surface area contributed by atoms with Gasteiger partial charge in [-0.05, 0) is 24.3 Å². The highest BCUT2D eigenvalue weighted by Gasteiger charge is 2.50. The van der Waals surface area contributed by atoms with Gasteiger partial charge in [0.1, 0.15) is 6.61 Å². The van der Waals surface area contributed by atoms with Crippen molar-refractivity contribution in [1.82, 2.24) is 0 Å². The molecule has 1 N–H and O–H groups in total. The van der Waals surface area contributed by atoms with E-state index in [1.54, 1.807) is 0 Å².